The van der Waals surface area contributed by atoms with Gasteiger partial charge in [-0.3, -0.25) is 0 Å². The van der Waals surface area contributed by atoms with Crippen LogP contribution < -0.4 is 0 Å². The first kappa shape index (κ1) is 12.5. The molecule has 0 saturated heterocycles. The molecule has 1 fully saturated rings. The molecular formula is C12H16F3NO. The van der Waals surface area contributed by atoms with Crippen LogP contribution >= 0.6 is 0 Å². The Balaban J connectivity index is 2.32. The Morgan fingerprint density at radius 3 is 2.35 bits per heavy atom. The first-order valence-electron chi connectivity index (χ1n) is 5.77. The molecule has 0 radical (unpaired) electrons. The standard InChI is InChI=1S/C12H16F3NO/c1-4-10(2,3)9-7-8(16-17-9)11(5-6-11)12(13,14)15/h7H,4-6H2,1-3H3. The van der Waals surface area contributed by atoms with E-state index in [1.807, 2.05) is 20.8 Å². The van der Waals surface area contributed by atoms with E-state index in [9.17, 15) is 13.2 Å². The van der Waals surface area contributed by atoms with Crippen molar-refractivity contribution in [3.63, 3.8) is 0 Å². The smallest absolute Gasteiger partial charge is 0.361 e. The third-order valence-corrected chi connectivity index (χ3v) is 3.84. The van der Waals surface area contributed by atoms with Crippen molar-refractivity contribution in [1.82, 2.24) is 5.16 Å². The predicted octanol–water partition coefficient (Wildman–Crippen LogP) is 3.96. The quantitative estimate of drug-likeness (QED) is 0.808. The largest absolute Gasteiger partial charge is 0.400 e. The van der Waals surface area contributed by atoms with Crippen LogP contribution in [0.4, 0.5) is 13.2 Å². The van der Waals surface area contributed by atoms with Crippen molar-refractivity contribution >= 4 is 0 Å². The fraction of sp³-hybridized carbons (Fsp3) is 0.750. The van der Waals surface area contributed by atoms with Crippen LogP contribution in [0, 0.1) is 0 Å². The van der Waals surface area contributed by atoms with Gasteiger partial charge in [0.2, 0.25) is 0 Å². The van der Waals surface area contributed by atoms with Crippen molar-refractivity contribution < 1.29 is 17.7 Å². The molecule has 96 valence electrons. The van der Waals surface area contributed by atoms with Crippen LogP contribution in [0.2, 0.25) is 0 Å². The summed E-state index contributed by atoms with van der Waals surface area (Å²) in [6.45, 7) is 5.84. The van der Waals surface area contributed by atoms with Gasteiger partial charge in [-0.15, -0.1) is 0 Å². The molecule has 1 aromatic heterocycles. The van der Waals surface area contributed by atoms with Crippen LogP contribution in [0.25, 0.3) is 0 Å². The fourth-order valence-electron chi connectivity index (χ4n) is 1.80. The zero-order chi connectivity index (χ0) is 12.9. The molecule has 17 heavy (non-hydrogen) atoms. The van der Waals surface area contributed by atoms with Crippen LogP contribution in [0.15, 0.2) is 10.6 Å². The lowest BCUT2D eigenvalue weighted by Gasteiger charge is -2.18. The van der Waals surface area contributed by atoms with Gasteiger partial charge >= 0.3 is 6.18 Å². The van der Waals surface area contributed by atoms with Crippen LogP contribution in [0.3, 0.4) is 0 Å². The van der Waals surface area contributed by atoms with Crippen molar-refractivity contribution in [3.05, 3.63) is 17.5 Å². The van der Waals surface area contributed by atoms with Crippen LogP contribution in [0.1, 0.15) is 51.5 Å². The molecule has 0 N–H and O–H groups in total. The van der Waals surface area contributed by atoms with E-state index < -0.39 is 11.6 Å². The molecule has 0 bridgehead atoms. The van der Waals surface area contributed by atoms with E-state index in [0.717, 1.165) is 6.42 Å². The van der Waals surface area contributed by atoms with Crippen molar-refractivity contribution in [2.24, 2.45) is 0 Å². The van der Waals surface area contributed by atoms with E-state index in [2.05, 4.69) is 5.16 Å². The summed E-state index contributed by atoms with van der Waals surface area (Å²) in [6, 6.07) is 1.48. The Bertz CT molecular complexity index is 416. The molecule has 1 aliphatic rings. The summed E-state index contributed by atoms with van der Waals surface area (Å²) in [5, 5.41) is 3.64. The second-order valence-electron chi connectivity index (χ2n) is 5.39. The zero-order valence-electron chi connectivity index (χ0n) is 10.2. The van der Waals surface area contributed by atoms with Crippen LogP contribution in [0.5, 0.6) is 0 Å². The van der Waals surface area contributed by atoms with E-state index in [-0.39, 0.29) is 24.0 Å². The molecule has 0 aliphatic heterocycles. The highest BCUT2D eigenvalue weighted by Gasteiger charge is 2.66. The van der Waals surface area contributed by atoms with Crippen LogP contribution in [-0.2, 0) is 10.8 Å². The van der Waals surface area contributed by atoms with E-state index in [1.165, 1.54) is 6.07 Å². The Morgan fingerprint density at radius 2 is 1.94 bits per heavy atom. The van der Waals surface area contributed by atoms with Crippen molar-refractivity contribution in [2.75, 3.05) is 0 Å². The van der Waals surface area contributed by atoms with Crippen LogP contribution in [-0.4, -0.2) is 11.3 Å². The molecule has 0 spiro atoms. The molecule has 1 aliphatic carbocycles. The highest BCUT2D eigenvalue weighted by Crippen LogP contribution is 2.58. The van der Waals surface area contributed by atoms with Gasteiger partial charge in [0.15, 0.2) is 0 Å². The molecule has 0 aromatic carbocycles. The maximum Gasteiger partial charge on any atom is 0.400 e. The van der Waals surface area contributed by atoms with Gasteiger partial charge in [-0.1, -0.05) is 25.9 Å². The summed E-state index contributed by atoms with van der Waals surface area (Å²) in [7, 11) is 0. The van der Waals surface area contributed by atoms with E-state index in [4.69, 9.17) is 4.52 Å². The van der Waals surface area contributed by atoms with Crippen molar-refractivity contribution in [1.29, 1.82) is 0 Å². The third-order valence-electron chi connectivity index (χ3n) is 3.84. The zero-order valence-corrected chi connectivity index (χ0v) is 10.2. The SMILES string of the molecule is CCC(C)(C)c1cc(C2(C(F)(F)F)CC2)no1. The van der Waals surface area contributed by atoms with Gasteiger partial charge in [0.05, 0.1) is 5.69 Å². The number of alkyl halides is 3. The first-order chi connectivity index (χ1) is 7.73. The Labute approximate surface area is 98.2 Å². The summed E-state index contributed by atoms with van der Waals surface area (Å²) >= 11 is 0. The Kier molecular flexibility index (Phi) is 2.56. The number of aromatic nitrogens is 1. The van der Waals surface area contributed by atoms with Gasteiger partial charge in [-0.2, -0.15) is 13.2 Å². The second-order valence-corrected chi connectivity index (χ2v) is 5.39. The minimum atomic E-state index is -4.22. The molecule has 0 amide bonds. The Morgan fingerprint density at radius 1 is 1.35 bits per heavy atom. The normalized spacial score (nSPS) is 19.4. The summed E-state index contributed by atoms with van der Waals surface area (Å²) in [4.78, 5) is 0. The molecule has 5 heteroatoms. The molecule has 0 atom stereocenters. The summed E-state index contributed by atoms with van der Waals surface area (Å²) in [6.07, 6.45) is -3.19. The molecule has 2 nitrogen and oxygen atoms in total. The molecule has 1 saturated carbocycles. The van der Waals surface area contributed by atoms with Crippen molar-refractivity contribution in [3.8, 4) is 0 Å². The van der Waals surface area contributed by atoms with Gasteiger partial charge in [0.25, 0.3) is 0 Å². The highest BCUT2D eigenvalue weighted by atomic mass is 19.4. The van der Waals surface area contributed by atoms with Gasteiger partial charge in [0, 0.05) is 11.5 Å². The lowest BCUT2D eigenvalue weighted by molar-refractivity contribution is -0.161. The maximum absolute atomic E-state index is 12.9. The molecule has 1 aromatic rings. The first-order valence-corrected chi connectivity index (χ1v) is 5.77. The third kappa shape index (κ3) is 1.85. The average molecular weight is 247 g/mol. The summed E-state index contributed by atoms with van der Waals surface area (Å²) in [5.41, 5.74) is -1.97. The topological polar surface area (TPSA) is 26.0 Å². The monoisotopic (exact) mass is 247 g/mol. The summed E-state index contributed by atoms with van der Waals surface area (Å²) in [5.74, 6) is 0.533. The lowest BCUT2D eigenvalue weighted by atomic mass is 9.86. The number of hydrogen-bond acceptors (Lipinski definition) is 2. The lowest BCUT2D eigenvalue weighted by Crippen LogP contribution is -2.29. The van der Waals surface area contributed by atoms with E-state index in [1.54, 1.807) is 0 Å². The highest BCUT2D eigenvalue weighted by molar-refractivity contribution is 5.29. The van der Waals surface area contributed by atoms with Gasteiger partial charge in [-0.05, 0) is 19.3 Å². The predicted molar refractivity (Wildman–Crippen MR) is 56.8 cm³/mol. The van der Waals surface area contributed by atoms with Gasteiger partial charge < -0.3 is 4.52 Å². The van der Waals surface area contributed by atoms with E-state index in [0.29, 0.717) is 5.76 Å². The molecule has 2 rings (SSSR count). The molecule has 1 heterocycles. The average Bonchev–Trinajstić information content (AvgIpc) is 2.90. The van der Waals surface area contributed by atoms with E-state index >= 15 is 0 Å². The van der Waals surface area contributed by atoms with Gasteiger partial charge in [-0.25, -0.2) is 0 Å². The Hall–Kier alpha value is -1.00. The number of nitrogens with zero attached hydrogens (tertiary/aromatic N) is 1. The number of hydrogen-bond donors (Lipinski definition) is 0. The minimum Gasteiger partial charge on any atom is -0.361 e. The number of halogens is 3. The van der Waals surface area contributed by atoms with Crippen molar-refractivity contribution in [2.45, 2.75) is 57.0 Å². The minimum absolute atomic E-state index is 0.0431. The van der Waals surface area contributed by atoms with Gasteiger partial charge in [0.1, 0.15) is 11.2 Å². The maximum atomic E-state index is 12.9. The second kappa shape index (κ2) is 3.50. The summed E-state index contributed by atoms with van der Waals surface area (Å²) < 4.78 is 43.8. The molecule has 0 unspecified atom stereocenters. The fourth-order valence-corrected chi connectivity index (χ4v) is 1.80. The molecular weight excluding hydrogens is 231 g/mol. The number of rotatable bonds is 3.